The molecule has 0 radical (unpaired) electrons. The minimum atomic E-state index is -0.750. The summed E-state index contributed by atoms with van der Waals surface area (Å²) < 4.78 is 24.9. The van der Waals surface area contributed by atoms with E-state index in [0.29, 0.717) is 23.3 Å². The Kier molecular flexibility index (Phi) is 6.00. The molecule has 0 spiro atoms. The van der Waals surface area contributed by atoms with Crippen LogP contribution < -0.4 is 15.8 Å². The summed E-state index contributed by atoms with van der Waals surface area (Å²) in [5.41, 5.74) is 9.14. The van der Waals surface area contributed by atoms with E-state index in [1.54, 1.807) is 36.4 Å². The first-order valence-corrected chi connectivity index (χ1v) is 9.97. The van der Waals surface area contributed by atoms with E-state index in [1.807, 2.05) is 24.3 Å². The van der Waals surface area contributed by atoms with E-state index in [4.69, 9.17) is 10.5 Å². The van der Waals surface area contributed by atoms with E-state index >= 15 is 0 Å². The van der Waals surface area contributed by atoms with Gasteiger partial charge in [0.15, 0.2) is 11.6 Å². The molecule has 0 bridgehead atoms. The van der Waals surface area contributed by atoms with Crippen molar-refractivity contribution in [2.45, 2.75) is 12.5 Å². The molecule has 7 heteroatoms. The van der Waals surface area contributed by atoms with Crippen LogP contribution in [0.25, 0.3) is 11.6 Å². The topological polar surface area (TPSA) is 90.7 Å². The summed E-state index contributed by atoms with van der Waals surface area (Å²) in [5, 5.41) is 2.79. The standard InChI is InChI=1S/C25H21FN2O4/c1-31-25(30)21(27)14-15-6-9-17(10-7-15)32-23-11-8-16(13-20(23)26)12-19-18-4-2-3-5-22(18)28-24(19)29/h2-13,21H,14,27H2,1H3,(H,28,29)/b19-12+. The zero-order chi connectivity index (χ0) is 22.7. The molecule has 4 rings (SSSR count). The first kappa shape index (κ1) is 21.3. The molecule has 32 heavy (non-hydrogen) atoms. The third-order valence-corrected chi connectivity index (χ3v) is 5.09. The lowest BCUT2D eigenvalue weighted by Gasteiger charge is -2.11. The van der Waals surface area contributed by atoms with Crippen molar-refractivity contribution in [3.63, 3.8) is 0 Å². The highest BCUT2D eigenvalue weighted by atomic mass is 19.1. The predicted molar refractivity (Wildman–Crippen MR) is 120 cm³/mol. The van der Waals surface area contributed by atoms with Crippen molar-refractivity contribution in [2.24, 2.45) is 5.73 Å². The summed E-state index contributed by atoms with van der Waals surface area (Å²) in [6.07, 6.45) is 1.97. The normalized spacial score (nSPS) is 14.6. The molecule has 0 fully saturated rings. The number of amides is 1. The predicted octanol–water partition coefficient (Wildman–Crippen LogP) is 4.15. The Morgan fingerprint density at radius 1 is 1.12 bits per heavy atom. The zero-order valence-corrected chi connectivity index (χ0v) is 17.3. The Hall–Kier alpha value is -3.97. The molecule has 1 aliphatic rings. The van der Waals surface area contributed by atoms with Gasteiger partial charge in [-0.05, 0) is 54.0 Å². The zero-order valence-electron chi connectivity index (χ0n) is 17.3. The molecule has 0 aromatic heterocycles. The van der Waals surface area contributed by atoms with E-state index in [2.05, 4.69) is 10.1 Å². The maximum atomic E-state index is 14.7. The summed E-state index contributed by atoms with van der Waals surface area (Å²) >= 11 is 0. The van der Waals surface area contributed by atoms with Crippen LogP contribution in [0.1, 0.15) is 16.7 Å². The monoisotopic (exact) mass is 432 g/mol. The summed E-state index contributed by atoms with van der Waals surface area (Å²) in [6, 6.07) is 18.0. The molecule has 0 saturated carbocycles. The van der Waals surface area contributed by atoms with Gasteiger partial charge in [-0.2, -0.15) is 0 Å². The van der Waals surface area contributed by atoms with Gasteiger partial charge in [0.2, 0.25) is 0 Å². The number of esters is 1. The molecular formula is C25H21FN2O4. The molecule has 162 valence electrons. The van der Waals surface area contributed by atoms with Gasteiger partial charge in [0.05, 0.1) is 7.11 Å². The van der Waals surface area contributed by atoms with Gasteiger partial charge in [-0.1, -0.05) is 36.4 Å². The Labute approximate surface area is 184 Å². The Balaban J connectivity index is 1.48. The molecule has 0 saturated heterocycles. The summed E-state index contributed by atoms with van der Waals surface area (Å²) in [6.45, 7) is 0. The van der Waals surface area contributed by atoms with Crippen LogP contribution in [0.2, 0.25) is 0 Å². The molecule has 1 aliphatic heterocycles. The van der Waals surface area contributed by atoms with Crippen molar-refractivity contribution in [3.8, 4) is 11.5 Å². The molecular weight excluding hydrogens is 411 g/mol. The van der Waals surface area contributed by atoms with Gasteiger partial charge in [-0.3, -0.25) is 9.59 Å². The van der Waals surface area contributed by atoms with Crippen LogP contribution >= 0.6 is 0 Å². The summed E-state index contributed by atoms with van der Waals surface area (Å²) in [7, 11) is 1.29. The number of fused-ring (bicyclic) bond motifs is 1. The van der Waals surface area contributed by atoms with E-state index < -0.39 is 17.8 Å². The second kappa shape index (κ2) is 9.03. The van der Waals surface area contributed by atoms with E-state index in [0.717, 1.165) is 16.8 Å². The van der Waals surface area contributed by atoms with Gasteiger partial charge in [0, 0.05) is 16.8 Å². The van der Waals surface area contributed by atoms with Crippen molar-refractivity contribution in [1.29, 1.82) is 0 Å². The number of halogens is 1. The van der Waals surface area contributed by atoms with Crippen LogP contribution in [-0.4, -0.2) is 25.0 Å². The molecule has 0 aliphatic carbocycles. The van der Waals surface area contributed by atoms with Crippen molar-refractivity contribution in [1.82, 2.24) is 0 Å². The minimum absolute atomic E-state index is 0.0578. The summed E-state index contributed by atoms with van der Waals surface area (Å²) in [5.74, 6) is -0.764. The number of para-hydroxylation sites is 1. The van der Waals surface area contributed by atoms with Crippen molar-refractivity contribution in [2.75, 3.05) is 12.4 Å². The Bertz CT molecular complexity index is 1200. The minimum Gasteiger partial charge on any atom is -0.468 e. The quantitative estimate of drug-likeness (QED) is 0.451. The van der Waals surface area contributed by atoms with Crippen LogP contribution in [0.15, 0.2) is 66.7 Å². The number of rotatable bonds is 6. The number of nitrogens with one attached hydrogen (secondary N) is 1. The fourth-order valence-corrected chi connectivity index (χ4v) is 3.45. The van der Waals surface area contributed by atoms with Gasteiger partial charge in [-0.25, -0.2) is 4.39 Å². The maximum absolute atomic E-state index is 14.7. The number of ether oxygens (including phenoxy) is 2. The third-order valence-electron chi connectivity index (χ3n) is 5.09. The Morgan fingerprint density at radius 2 is 1.88 bits per heavy atom. The van der Waals surface area contributed by atoms with Crippen LogP contribution in [0.3, 0.4) is 0 Å². The van der Waals surface area contributed by atoms with Crippen molar-refractivity contribution < 1.29 is 23.5 Å². The highest BCUT2D eigenvalue weighted by molar-refractivity contribution is 6.34. The van der Waals surface area contributed by atoms with Gasteiger partial charge < -0.3 is 20.5 Å². The van der Waals surface area contributed by atoms with Gasteiger partial charge in [0.25, 0.3) is 5.91 Å². The fourth-order valence-electron chi connectivity index (χ4n) is 3.45. The SMILES string of the molecule is COC(=O)C(N)Cc1ccc(Oc2ccc(/C=C3/C(=O)Nc4ccccc43)cc2F)cc1. The average Bonchev–Trinajstić information content (AvgIpc) is 3.11. The molecule has 6 nitrogen and oxygen atoms in total. The first-order chi connectivity index (χ1) is 15.4. The smallest absolute Gasteiger partial charge is 0.322 e. The molecule has 1 heterocycles. The van der Waals surface area contributed by atoms with Crippen molar-refractivity contribution in [3.05, 3.63) is 89.2 Å². The molecule has 1 atom stereocenters. The number of methoxy groups -OCH3 is 1. The number of carbonyl (C=O) groups is 2. The number of hydrogen-bond donors (Lipinski definition) is 2. The lowest BCUT2D eigenvalue weighted by atomic mass is 10.0. The largest absolute Gasteiger partial charge is 0.468 e. The van der Waals surface area contributed by atoms with Crippen LogP contribution in [-0.2, 0) is 20.7 Å². The van der Waals surface area contributed by atoms with Crippen molar-refractivity contribution >= 4 is 29.2 Å². The van der Waals surface area contributed by atoms with E-state index in [-0.39, 0.29) is 11.7 Å². The van der Waals surface area contributed by atoms with Crippen LogP contribution in [0.5, 0.6) is 11.5 Å². The second-order valence-electron chi connectivity index (χ2n) is 7.33. The number of hydrogen-bond acceptors (Lipinski definition) is 5. The number of anilines is 1. The number of carbonyl (C=O) groups excluding carboxylic acids is 2. The number of benzene rings is 3. The highest BCUT2D eigenvalue weighted by Gasteiger charge is 2.23. The lowest BCUT2D eigenvalue weighted by molar-refractivity contribution is -0.142. The molecule has 1 unspecified atom stereocenters. The molecule has 3 aromatic rings. The Morgan fingerprint density at radius 3 is 2.59 bits per heavy atom. The average molecular weight is 432 g/mol. The van der Waals surface area contributed by atoms with Gasteiger partial charge >= 0.3 is 5.97 Å². The highest BCUT2D eigenvalue weighted by Crippen LogP contribution is 2.33. The fraction of sp³-hybridized carbons (Fsp3) is 0.120. The number of nitrogens with two attached hydrogens (primary N) is 1. The maximum Gasteiger partial charge on any atom is 0.322 e. The summed E-state index contributed by atoms with van der Waals surface area (Å²) in [4.78, 5) is 23.7. The van der Waals surface area contributed by atoms with Gasteiger partial charge in [-0.15, -0.1) is 0 Å². The first-order valence-electron chi connectivity index (χ1n) is 9.97. The second-order valence-corrected chi connectivity index (χ2v) is 7.33. The van der Waals surface area contributed by atoms with Crippen LogP contribution in [0.4, 0.5) is 10.1 Å². The van der Waals surface area contributed by atoms with E-state index in [1.165, 1.54) is 19.2 Å². The van der Waals surface area contributed by atoms with Crippen LogP contribution in [0, 0.1) is 5.82 Å². The van der Waals surface area contributed by atoms with E-state index in [9.17, 15) is 14.0 Å². The lowest BCUT2D eigenvalue weighted by Crippen LogP contribution is -2.33. The molecule has 1 amide bonds. The third kappa shape index (κ3) is 4.53. The van der Waals surface area contributed by atoms with Gasteiger partial charge in [0.1, 0.15) is 11.8 Å². The molecule has 3 N–H and O–H groups in total. The molecule has 3 aromatic carbocycles.